The van der Waals surface area contributed by atoms with Crippen molar-refractivity contribution in [1.29, 1.82) is 0 Å². The molecule has 2 aliphatic heterocycles. The Kier molecular flexibility index (Phi) is 5.41. The molecule has 0 bridgehead atoms. The summed E-state index contributed by atoms with van der Waals surface area (Å²) in [6, 6.07) is -0.0732. The summed E-state index contributed by atoms with van der Waals surface area (Å²) in [5.74, 6) is 0.335. The molecule has 0 aromatic rings. The molecule has 2 rings (SSSR count). The van der Waals surface area contributed by atoms with Gasteiger partial charge in [-0.3, -0.25) is 9.69 Å². The number of rotatable bonds is 4. The topological polar surface area (TPSA) is 50.8 Å². The molecule has 18 heavy (non-hydrogen) atoms. The largest absolute Gasteiger partial charge is 0.465 e. The monoisotopic (exact) mass is 256 g/mol. The molecule has 1 atom stereocenters. The van der Waals surface area contributed by atoms with Gasteiger partial charge in [0.1, 0.15) is 6.04 Å². The molecule has 1 N–H and O–H groups in total. The van der Waals surface area contributed by atoms with Crippen molar-refractivity contribution in [2.24, 2.45) is 5.92 Å². The lowest BCUT2D eigenvalue weighted by molar-refractivity contribution is -0.153. The van der Waals surface area contributed by atoms with Gasteiger partial charge in [0.2, 0.25) is 0 Å². The normalized spacial score (nSPS) is 24.7. The van der Waals surface area contributed by atoms with Crippen LogP contribution in [0.5, 0.6) is 0 Å². The smallest absolute Gasteiger partial charge is 0.323 e. The Bertz CT molecular complexity index is 243. The number of nitrogens with zero attached hydrogens (tertiary/aromatic N) is 1. The fourth-order valence-corrected chi connectivity index (χ4v) is 2.86. The Balaban J connectivity index is 2.02. The Labute approximate surface area is 109 Å². The molecule has 0 aromatic heterocycles. The lowest BCUT2D eigenvalue weighted by atomic mass is 9.90. The second kappa shape index (κ2) is 7.07. The highest BCUT2D eigenvalue weighted by atomic mass is 16.5. The summed E-state index contributed by atoms with van der Waals surface area (Å²) >= 11 is 0. The van der Waals surface area contributed by atoms with E-state index in [9.17, 15) is 4.79 Å². The van der Waals surface area contributed by atoms with Crippen LogP contribution in [0.3, 0.4) is 0 Å². The van der Waals surface area contributed by atoms with Crippen molar-refractivity contribution in [3.63, 3.8) is 0 Å². The molecule has 0 saturated carbocycles. The van der Waals surface area contributed by atoms with Gasteiger partial charge in [-0.1, -0.05) is 0 Å². The fourth-order valence-electron chi connectivity index (χ4n) is 2.86. The summed E-state index contributed by atoms with van der Waals surface area (Å²) < 4.78 is 10.7. The van der Waals surface area contributed by atoms with E-state index in [2.05, 4.69) is 10.2 Å². The summed E-state index contributed by atoms with van der Waals surface area (Å²) in [4.78, 5) is 14.5. The first-order chi connectivity index (χ1) is 8.83. The maximum absolute atomic E-state index is 12.2. The van der Waals surface area contributed by atoms with Gasteiger partial charge < -0.3 is 14.8 Å². The quantitative estimate of drug-likeness (QED) is 0.731. The lowest BCUT2D eigenvalue weighted by Crippen LogP contribution is -2.55. The Morgan fingerprint density at radius 3 is 2.67 bits per heavy atom. The van der Waals surface area contributed by atoms with Crippen LogP contribution in [0.25, 0.3) is 0 Å². The van der Waals surface area contributed by atoms with Gasteiger partial charge in [0.15, 0.2) is 0 Å². The van der Waals surface area contributed by atoms with Crippen molar-refractivity contribution >= 4 is 5.97 Å². The molecule has 2 heterocycles. The summed E-state index contributed by atoms with van der Waals surface area (Å²) in [5, 5.41) is 3.32. The highest BCUT2D eigenvalue weighted by Crippen LogP contribution is 2.24. The number of nitrogens with one attached hydrogen (secondary N) is 1. The minimum Gasteiger partial charge on any atom is -0.465 e. The van der Waals surface area contributed by atoms with Crippen molar-refractivity contribution in [1.82, 2.24) is 10.2 Å². The number of carbonyl (C=O) groups is 1. The Morgan fingerprint density at radius 1 is 1.39 bits per heavy atom. The summed E-state index contributed by atoms with van der Waals surface area (Å²) in [6.07, 6.45) is 1.93. The van der Waals surface area contributed by atoms with Gasteiger partial charge >= 0.3 is 5.97 Å². The Hall–Kier alpha value is -0.650. The van der Waals surface area contributed by atoms with Gasteiger partial charge in [-0.2, -0.15) is 0 Å². The number of hydrogen-bond acceptors (Lipinski definition) is 5. The zero-order valence-electron chi connectivity index (χ0n) is 11.2. The third-order valence-corrected chi connectivity index (χ3v) is 3.79. The van der Waals surface area contributed by atoms with Crippen molar-refractivity contribution < 1.29 is 14.3 Å². The van der Waals surface area contributed by atoms with E-state index >= 15 is 0 Å². The molecule has 0 spiro atoms. The van der Waals surface area contributed by atoms with Crippen LogP contribution in [0.2, 0.25) is 0 Å². The number of hydrogen-bond donors (Lipinski definition) is 1. The molecule has 0 amide bonds. The number of carbonyl (C=O) groups excluding carboxylic acids is 1. The maximum atomic E-state index is 12.2. The second-order valence-corrected chi connectivity index (χ2v) is 4.93. The van der Waals surface area contributed by atoms with Crippen LogP contribution in [0.15, 0.2) is 0 Å². The van der Waals surface area contributed by atoms with Gasteiger partial charge in [0.05, 0.1) is 6.61 Å². The first-order valence-electron chi connectivity index (χ1n) is 7.02. The standard InChI is InChI=1S/C13H24N2O3/c1-2-18-13(16)12(11-3-9-17-10-4-11)15-7-5-14-6-8-15/h11-12,14H,2-10H2,1H3. The van der Waals surface area contributed by atoms with Gasteiger partial charge in [0.25, 0.3) is 0 Å². The van der Waals surface area contributed by atoms with Gasteiger partial charge in [0, 0.05) is 39.4 Å². The zero-order chi connectivity index (χ0) is 12.8. The van der Waals surface area contributed by atoms with E-state index in [0.29, 0.717) is 12.5 Å². The average Bonchev–Trinajstić information content (AvgIpc) is 2.42. The minimum atomic E-state index is -0.0732. The molecule has 1 unspecified atom stereocenters. The van der Waals surface area contributed by atoms with Crippen LogP contribution in [-0.4, -0.2) is 62.9 Å². The zero-order valence-corrected chi connectivity index (χ0v) is 11.2. The average molecular weight is 256 g/mol. The molecular formula is C13H24N2O3. The van der Waals surface area contributed by atoms with Crippen LogP contribution >= 0.6 is 0 Å². The molecule has 2 fully saturated rings. The van der Waals surface area contributed by atoms with Crippen molar-refractivity contribution in [3.05, 3.63) is 0 Å². The highest BCUT2D eigenvalue weighted by molar-refractivity contribution is 5.76. The second-order valence-electron chi connectivity index (χ2n) is 4.93. The van der Waals surface area contributed by atoms with E-state index < -0.39 is 0 Å². The van der Waals surface area contributed by atoms with E-state index in [4.69, 9.17) is 9.47 Å². The van der Waals surface area contributed by atoms with E-state index in [1.807, 2.05) is 6.92 Å². The van der Waals surface area contributed by atoms with Gasteiger partial charge in [-0.05, 0) is 25.7 Å². The van der Waals surface area contributed by atoms with Crippen LogP contribution in [-0.2, 0) is 14.3 Å². The molecule has 0 aliphatic carbocycles. The van der Waals surface area contributed by atoms with Gasteiger partial charge in [-0.15, -0.1) is 0 Å². The van der Waals surface area contributed by atoms with E-state index in [0.717, 1.165) is 52.2 Å². The molecule has 0 radical (unpaired) electrons. The number of esters is 1. The molecule has 104 valence electrons. The number of ether oxygens (including phenoxy) is 2. The molecular weight excluding hydrogens is 232 g/mol. The number of piperazine rings is 1. The summed E-state index contributed by atoms with van der Waals surface area (Å²) in [7, 11) is 0. The highest BCUT2D eigenvalue weighted by Gasteiger charge is 2.36. The third-order valence-electron chi connectivity index (χ3n) is 3.79. The lowest BCUT2D eigenvalue weighted by Gasteiger charge is -2.39. The van der Waals surface area contributed by atoms with E-state index in [-0.39, 0.29) is 12.0 Å². The van der Waals surface area contributed by atoms with Crippen LogP contribution in [0, 0.1) is 5.92 Å². The SMILES string of the molecule is CCOC(=O)C(C1CCOCC1)N1CCNCC1. The molecule has 5 heteroatoms. The summed E-state index contributed by atoms with van der Waals surface area (Å²) in [5.41, 5.74) is 0. The first-order valence-corrected chi connectivity index (χ1v) is 7.02. The molecule has 2 saturated heterocycles. The molecule has 5 nitrogen and oxygen atoms in total. The Morgan fingerprint density at radius 2 is 2.06 bits per heavy atom. The van der Waals surface area contributed by atoms with Crippen LogP contribution in [0.1, 0.15) is 19.8 Å². The fraction of sp³-hybridized carbons (Fsp3) is 0.923. The minimum absolute atomic E-state index is 0.0497. The maximum Gasteiger partial charge on any atom is 0.323 e. The predicted molar refractivity (Wildman–Crippen MR) is 68.4 cm³/mol. The first kappa shape index (κ1) is 13.8. The predicted octanol–water partition coefficient (Wildman–Crippen LogP) is 0.250. The molecule has 0 aromatic carbocycles. The van der Waals surface area contributed by atoms with E-state index in [1.54, 1.807) is 0 Å². The van der Waals surface area contributed by atoms with Crippen LogP contribution < -0.4 is 5.32 Å². The molecule has 2 aliphatic rings. The van der Waals surface area contributed by atoms with Crippen molar-refractivity contribution in [2.75, 3.05) is 46.0 Å². The van der Waals surface area contributed by atoms with Crippen molar-refractivity contribution in [3.8, 4) is 0 Å². The van der Waals surface area contributed by atoms with Crippen LogP contribution in [0.4, 0.5) is 0 Å². The summed E-state index contributed by atoms with van der Waals surface area (Å²) in [6.45, 7) is 7.65. The van der Waals surface area contributed by atoms with E-state index in [1.165, 1.54) is 0 Å². The van der Waals surface area contributed by atoms with Crippen molar-refractivity contribution in [2.45, 2.75) is 25.8 Å². The third kappa shape index (κ3) is 3.43. The van der Waals surface area contributed by atoms with Gasteiger partial charge in [-0.25, -0.2) is 0 Å².